The molecule has 120 valence electrons. The maximum absolute atomic E-state index is 11.8. The minimum Gasteiger partial charge on any atom is -0.481 e. The molecule has 1 rings (SSSR count). The molecule has 0 bridgehead atoms. The van der Waals surface area contributed by atoms with Crippen LogP contribution in [0.25, 0.3) is 0 Å². The largest absolute Gasteiger partial charge is 0.481 e. The van der Waals surface area contributed by atoms with Crippen LogP contribution in [-0.4, -0.2) is 53.0 Å². The number of carboxylic acids is 2. The molecule has 0 aromatic rings. The topological polar surface area (TPSA) is 125 Å². The van der Waals surface area contributed by atoms with Crippen LogP contribution in [0.2, 0.25) is 0 Å². The van der Waals surface area contributed by atoms with Crippen LogP contribution >= 0.6 is 0 Å². The number of hydrogen-bond donors (Lipinski definition) is 4. The molecule has 1 aliphatic heterocycles. The molecule has 1 fully saturated rings. The standard InChI is InChI=1S/C13H22N2O6/c1-8(10-5-3-7-21-10)14-13(20)15-9(12(18)19)4-2-6-11(16)17/h8-10H,2-7H2,1H3,(H,16,17)(H,18,19)(H2,14,15,20)/t8?,9-,10?/m1/s1. The molecule has 0 aromatic heterocycles. The third kappa shape index (κ3) is 6.44. The number of rotatable bonds is 8. The number of amides is 2. The van der Waals surface area contributed by atoms with Gasteiger partial charge in [0.05, 0.1) is 12.1 Å². The average molecular weight is 302 g/mol. The summed E-state index contributed by atoms with van der Waals surface area (Å²) < 4.78 is 5.44. The molecule has 0 aromatic carbocycles. The van der Waals surface area contributed by atoms with E-state index < -0.39 is 24.0 Å². The normalized spacial score (nSPS) is 20.5. The predicted molar refractivity (Wildman–Crippen MR) is 73.0 cm³/mol. The van der Waals surface area contributed by atoms with E-state index in [0.29, 0.717) is 6.61 Å². The second-order valence-corrected chi connectivity index (χ2v) is 5.13. The predicted octanol–water partition coefficient (Wildman–Crippen LogP) is 0.561. The molecule has 1 aliphatic rings. The van der Waals surface area contributed by atoms with Crippen molar-refractivity contribution in [2.45, 2.75) is 57.2 Å². The van der Waals surface area contributed by atoms with Gasteiger partial charge < -0.3 is 25.6 Å². The van der Waals surface area contributed by atoms with Crippen LogP contribution < -0.4 is 10.6 Å². The maximum atomic E-state index is 11.8. The van der Waals surface area contributed by atoms with Crippen molar-refractivity contribution in [2.75, 3.05) is 6.61 Å². The van der Waals surface area contributed by atoms with Gasteiger partial charge in [-0.3, -0.25) is 4.79 Å². The summed E-state index contributed by atoms with van der Waals surface area (Å²) in [7, 11) is 0. The molecule has 1 heterocycles. The molecule has 3 atom stereocenters. The van der Waals surface area contributed by atoms with Gasteiger partial charge in [0.2, 0.25) is 0 Å². The Morgan fingerprint density at radius 3 is 2.52 bits per heavy atom. The van der Waals surface area contributed by atoms with Gasteiger partial charge in [0.1, 0.15) is 6.04 Å². The lowest BCUT2D eigenvalue weighted by molar-refractivity contribution is -0.140. The van der Waals surface area contributed by atoms with Gasteiger partial charge in [0, 0.05) is 13.0 Å². The van der Waals surface area contributed by atoms with Gasteiger partial charge in [0.15, 0.2) is 0 Å². The van der Waals surface area contributed by atoms with Crippen LogP contribution in [0.4, 0.5) is 4.79 Å². The summed E-state index contributed by atoms with van der Waals surface area (Å²) >= 11 is 0. The first-order valence-corrected chi connectivity index (χ1v) is 7.03. The highest BCUT2D eigenvalue weighted by molar-refractivity contribution is 5.82. The molecule has 21 heavy (non-hydrogen) atoms. The second-order valence-electron chi connectivity index (χ2n) is 5.13. The Bertz CT molecular complexity index is 381. The third-order valence-electron chi connectivity index (χ3n) is 3.37. The summed E-state index contributed by atoms with van der Waals surface area (Å²) in [5.74, 6) is -2.17. The Morgan fingerprint density at radius 2 is 2.00 bits per heavy atom. The summed E-state index contributed by atoms with van der Waals surface area (Å²) in [4.78, 5) is 33.2. The highest BCUT2D eigenvalue weighted by Crippen LogP contribution is 2.15. The fraction of sp³-hybridized carbons (Fsp3) is 0.769. The van der Waals surface area contributed by atoms with E-state index in [1.165, 1.54) is 0 Å². The molecule has 1 saturated heterocycles. The number of aliphatic carboxylic acids is 2. The van der Waals surface area contributed by atoms with Crippen LogP contribution in [0, 0.1) is 0 Å². The van der Waals surface area contributed by atoms with E-state index in [4.69, 9.17) is 14.9 Å². The average Bonchev–Trinajstić information content (AvgIpc) is 2.90. The van der Waals surface area contributed by atoms with E-state index in [0.717, 1.165) is 12.8 Å². The van der Waals surface area contributed by atoms with Crippen molar-refractivity contribution in [2.24, 2.45) is 0 Å². The van der Waals surface area contributed by atoms with Crippen molar-refractivity contribution in [1.29, 1.82) is 0 Å². The first-order chi connectivity index (χ1) is 9.90. The molecular formula is C13H22N2O6. The van der Waals surface area contributed by atoms with Crippen LogP contribution in [0.5, 0.6) is 0 Å². The fourth-order valence-electron chi connectivity index (χ4n) is 2.21. The van der Waals surface area contributed by atoms with Gasteiger partial charge in [-0.1, -0.05) is 0 Å². The third-order valence-corrected chi connectivity index (χ3v) is 3.37. The van der Waals surface area contributed by atoms with E-state index in [9.17, 15) is 14.4 Å². The second kappa shape index (κ2) is 8.46. The lowest BCUT2D eigenvalue weighted by Crippen LogP contribution is -2.51. The summed E-state index contributed by atoms with van der Waals surface area (Å²) in [6.45, 7) is 2.47. The molecule has 0 saturated carbocycles. The first kappa shape index (κ1) is 17.2. The number of carbonyl (C=O) groups is 3. The zero-order valence-corrected chi connectivity index (χ0v) is 12.0. The number of nitrogens with one attached hydrogen (secondary N) is 2. The van der Waals surface area contributed by atoms with E-state index in [1.54, 1.807) is 6.92 Å². The summed E-state index contributed by atoms with van der Waals surface area (Å²) in [5.41, 5.74) is 0. The zero-order valence-electron chi connectivity index (χ0n) is 12.0. The summed E-state index contributed by atoms with van der Waals surface area (Å²) in [5, 5.41) is 22.5. The molecule has 0 radical (unpaired) electrons. The van der Waals surface area contributed by atoms with E-state index in [-0.39, 0.29) is 31.4 Å². The Hall–Kier alpha value is -1.83. The van der Waals surface area contributed by atoms with Crippen LogP contribution in [0.1, 0.15) is 39.0 Å². The molecular weight excluding hydrogens is 280 g/mol. The van der Waals surface area contributed by atoms with E-state index in [2.05, 4.69) is 10.6 Å². The molecule has 8 heteroatoms. The molecule has 0 spiro atoms. The minimum atomic E-state index is -1.18. The molecule has 8 nitrogen and oxygen atoms in total. The van der Waals surface area contributed by atoms with Gasteiger partial charge >= 0.3 is 18.0 Å². The smallest absolute Gasteiger partial charge is 0.326 e. The lowest BCUT2D eigenvalue weighted by atomic mass is 10.1. The number of carbonyl (C=O) groups excluding carboxylic acids is 1. The van der Waals surface area contributed by atoms with Crippen LogP contribution in [0.3, 0.4) is 0 Å². The van der Waals surface area contributed by atoms with Crippen molar-refractivity contribution in [3.8, 4) is 0 Å². The number of hydrogen-bond acceptors (Lipinski definition) is 4. The van der Waals surface area contributed by atoms with Crippen molar-refractivity contribution >= 4 is 18.0 Å². The van der Waals surface area contributed by atoms with Crippen molar-refractivity contribution < 1.29 is 29.3 Å². The highest BCUT2D eigenvalue weighted by atomic mass is 16.5. The Kier molecular flexibility index (Phi) is 6.93. The van der Waals surface area contributed by atoms with Gasteiger partial charge in [0.25, 0.3) is 0 Å². The number of urea groups is 1. The SMILES string of the molecule is CC(NC(=O)N[C@H](CCCC(=O)O)C(=O)O)C1CCCO1. The van der Waals surface area contributed by atoms with Gasteiger partial charge in [-0.25, -0.2) is 9.59 Å². The Labute approximate surface area is 122 Å². The summed E-state index contributed by atoms with van der Waals surface area (Å²) in [6.07, 6.45) is 1.90. The van der Waals surface area contributed by atoms with Crippen molar-refractivity contribution in [3.05, 3.63) is 0 Å². The number of ether oxygens (including phenoxy) is 1. The van der Waals surface area contributed by atoms with Crippen LogP contribution in [-0.2, 0) is 14.3 Å². The Morgan fingerprint density at radius 1 is 1.29 bits per heavy atom. The maximum Gasteiger partial charge on any atom is 0.326 e. The zero-order chi connectivity index (χ0) is 15.8. The molecule has 2 amide bonds. The van der Waals surface area contributed by atoms with Gasteiger partial charge in [-0.2, -0.15) is 0 Å². The minimum absolute atomic E-state index is 0.0500. The van der Waals surface area contributed by atoms with Crippen molar-refractivity contribution in [3.63, 3.8) is 0 Å². The number of carboxylic acid groups (broad SMARTS) is 2. The lowest BCUT2D eigenvalue weighted by Gasteiger charge is -2.22. The van der Waals surface area contributed by atoms with Crippen LogP contribution in [0.15, 0.2) is 0 Å². The Balaban J connectivity index is 2.37. The van der Waals surface area contributed by atoms with E-state index >= 15 is 0 Å². The first-order valence-electron chi connectivity index (χ1n) is 7.03. The highest BCUT2D eigenvalue weighted by Gasteiger charge is 2.25. The van der Waals surface area contributed by atoms with Gasteiger partial charge in [-0.05, 0) is 32.6 Å². The monoisotopic (exact) mass is 302 g/mol. The molecule has 0 aliphatic carbocycles. The quantitative estimate of drug-likeness (QED) is 0.519. The van der Waals surface area contributed by atoms with Gasteiger partial charge in [-0.15, -0.1) is 0 Å². The fourth-order valence-corrected chi connectivity index (χ4v) is 2.21. The molecule has 4 N–H and O–H groups in total. The van der Waals surface area contributed by atoms with E-state index in [1.807, 2.05) is 0 Å². The summed E-state index contributed by atoms with van der Waals surface area (Å²) in [6, 6.07) is -1.89. The molecule has 2 unspecified atom stereocenters. The van der Waals surface area contributed by atoms with Crippen molar-refractivity contribution in [1.82, 2.24) is 10.6 Å².